The van der Waals surface area contributed by atoms with Crippen LogP contribution in [-0.2, 0) is 23.7 Å². The van der Waals surface area contributed by atoms with Gasteiger partial charge in [0.1, 0.15) is 12.7 Å². The average Bonchev–Trinajstić information content (AvgIpc) is 3.61. The molecular weight excluding hydrogens is 512 g/mol. The summed E-state index contributed by atoms with van der Waals surface area (Å²) >= 11 is 0. The van der Waals surface area contributed by atoms with Crippen LogP contribution in [0.5, 0.6) is 0 Å². The average molecular weight is 539 g/mol. The second kappa shape index (κ2) is 10.5. The number of carbonyl (C=O) groups is 4. The first-order valence-electron chi connectivity index (χ1n) is 13.1. The molecule has 0 unspecified atom stereocenters. The predicted molar refractivity (Wildman–Crippen MR) is 141 cm³/mol. The molecule has 0 amide bonds. The molecule has 40 heavy (non-hydrogen) atoms. The van der Waals surface area contributed by atoms with Gasteiger partial charge in [-0.1, -0.05) is 66.7 Å². The van der Waals surface area contributed by atoms with Crippen molar-refractivity contribution in [1.29, 1.82) is 0 Å². The number of esters is 3. The van der Waals surface area contributed by atoms with Crippen LogP contribution in [0.1, 0.15) is 37.5 Å². The largest absolute Gasteiger partial charge is 0.459 e. The van der Waals surface area contributed by atoms with E-state index < -0.39 is 53.5 Å². The molecule has 0 aromatic heterocycles. The highest BCUT2D eigenvalue weighted by Gasteiger charge is 2.70. The zero-order valence-corrected chi connectivity index (χ0v) is 21.4. The summed E-state index contributed by atoms with van der Waals surface area (Å²) in [4.78, 5) is 53.2. The molecule has 2 fully saturated rings. The van der Waals surface area contributed by atoms with Crippen molar-refractivity contribution in [1.82, 2.24) is 0 Å². The number of benzene rings is 3. The van der Waals surface area contributed by atoms with Crippen molar-refractivity contribution in [3.63, 3.8) is 0 Å². The van der Waals surface area contributed by atoms with Gasteiger partial charge in [0.15, 0.2) is 5.60 Å². The molecule has 3 aromatic carbocycles. The van der Waals surface area contributed by atoms with Crippen molar-refractivity contribution in [3.8, 4) is 0 Å². The lowest BCUT2D eigenvalue weighted by molar-refractivity contribution is -0.236. The van der Waals surface area contributed by atoms with Crippen LogP contribution in [0.25, 0.3) is 0 Å². The minimum atomic E-state index is -1.67. The van der Waals surface area contributed by atoms with Crippen LogP contribution in [0.2, 0.25) is 0 Å². The molecule has 3 aromatic rings. The highest BCUT2D eigenvalue weighted by molar-refractivity contribution is 6.00. The Labute approximate surface area is 230 Å². The summed E-state index contributed by atoms with van der Waals surface area (Å²) in [6, 6.07) is 25.1. The first kappa shape index (κ1) is 25.7. The molecule has 1 saturated heterocycles. The molecule has 0 radical (unpaired) electrons. The number of allylic oxidation sites excluding steroid dienone is 1. The van der Waals surface area contributed by atoms with Crippen molar-refractivity contribution in [3.05, 3.63) is 120 Å². The van der Waals surface area contributed by atoms with Gasteiger partial charge in [-0.25, -0.2) is 14.4 Å². The molecule has 3 aliphatic rings. The first-order valence-corrected chi connectivity index (χ1v) is 13.1. The molecule has 1 aliphatic heterocycles. The van der Waals surface area contributed by atoms with Crippen LogP contribution in [0, 0.1) is 17.8 Å². The second-order valence-corrected chi connectivity index (χ2v) is 10.1. The van der Waals surface area contributed by atoms with Gasteiger partial charge >= 0.3 is 17.9 Å². The number of ketones is 1. The fourth-order valence-electron chi connectivity index (χ4n) is 6.02. The van der Waals surface area contributed by atoms with E-state index in [1.807, 2.05) is 12.2 Å². The van der Waals surface area contributed by atoms with E-state index in [4.69, 9.17) is 18.9 Å². The monoisotopic (exact) mass is 538 g/mol. The predicted octanol–water partition coefficient (Wildman–Crippen LogP) is 4.41. The Hall–Kier alpha value is -4.56. The van der Waals surface area contributed by atoms with Crippen LogP contribution in [0.15, 0.2) is 103 Å². The summed E-state index contributed by atoms with van der Waals surface area (Å²) in [5.41, 5.74) is -0.783. The Morgan fingerprint density at radius 1 is 0.750 bits per heavy atom. The normalized spacial score (nSPS) is 28.0. The molecule has 2 aliphatic carbocycles. The van der Waals surface area contributed by atoms with E-state index in [9.17, 15) is 19.2 Å². The Morgan fingerprint density at radius 2 is 1.30 bits per heavy atom. The van der Waals surface area contributed by atoms with Gasteiger partial charge in [0.25, 0.3) is 6.29 Å². The van der Waals surface area contributed by atoms with E-state index >= 15 is 0 Å². The Morgan fingerprint density at radius 3 is 1.90 bits per heavy atom. The van der Waals surface area contributed by atoms with Gasteiger partial charge in [0, 0.05) is 11.8 Å². The topological polar surface area (TPSA) is 105 Å². The molecule has 0 spiro atoms. The quantitative estimate of drug-likeness (QED) is 0.248. The van der Waals surface area contributed by atoms with Crippen LogP contribution in [-0.4, -0.2) is 48.3 Å². The van der Waals surface area contributed by atoms with E-state index in [2.05, 4.69) is 0 Å². The standard InChI is InChI=1S/C32H26O8/c33-27-31(39-29(35)21-12-6-2-7-13-21)38-25(19-37-28(34)20-10-4-1-5-11-20)26-23-16-17-24(18-23)32(26,27)40-30(36)22-14-8-3-9-15-22/h1-17,23-26,31H,18-19H2/t23-,24+,25+,26-,31+,32-/m0/s1. The minimum Gasteiger partial charge on any atom is -0.459 e. The van der Waals surface area contributed by atoms with E-state index in [0.29, 0.717) is 12.0 Å². The molecule has 6 rings (SSSR count). The third-order valence-corrected chi connectivity index (χ3v) is 7.80. The summed E-state index contributed by atoms with van der Waals surface area (Å²) < 4.78 is 23.4. The number of ether oxygens (including phenoxy) is 4. The summed E-state index contributed by atoms with van der Waals surface area (Å²) in [6.45, 7) is -0.229. The number of Topliss-reactive ketones (excluding diaryl/α,β-unsaturated/α-hetero) is 1. The van der Waals surface area contributed by atoms with E-state index in [0.717, 1.165) is 0 Å². The molecule has 0 N–H and O–H groups in total. The third kappa shape index (κ3) is 4.50. The lowest BCUT2D eigenvalue weighted by Crippen LogP contribution is -2.66. The number of carbonyl (C=O) groups excluding carboxylic acids is 4. The zero-order chi connectivity index (χ0) is 27.7. The van der Waals surface area contributed by atoms with Crippen molar-refractivity contribution >= 4 is 23.7 Å². The first-order chi connectivity index (χ1) is 19.5. The number of hydrogen-bond donors (Lipinski definition) is 0. The van der Waals surface area contributed by atoms with Crippen LogP contribution in [0.4, 0.5) is 0 Å². The van der Waals surface area contributed by atoms with Gasteiger partial charge in [-0.15, -0.1) is 0 Å². The van der Waals surface area contributed by atoms with Crippen LogP contribution < -0.4 is 0 Å². The maximum atomic E-state index is 14.1. The smallest absolute Gasteiger partial charge is 0.340 e. The third-order valence-electron chi connectivity index (χ3n) is 7.80. The molecule has 202 valence electrons. The highest BCUT2D eigenvalue weighted by atomic mass is 16.7. The fraction of sp³-hybridized carbons (Fsp3) is 0.250. The maximum Gasteiger partial charge on any atom is 0.340 e. The van der Waals surface area contributed by atoms with Crippen molar-refractivity contribution in [2.75, 3.05) is 6.61 Å². The summed E-state index contributed by atoms with van der Waals surface area (Å²) in [5, 5.41) is 0. The minimum absolute atomic E-state index is 0.163. The summed E-state index contributed by atoms with van der Waals surface area (Å²) in [7, 11) is 0. The van der Waals surface area contributed by atoms with Crippen LogP contribution >= 0.6 is 0 Å². The molecular formula is C32H26O8. The Balaban J connectivity index is 1.33. The van der Waals surface area contributed by atoms with Crippen LogP contribution in [0.3, 0.4) is 0 Å². The van der Waals surface area contributed by atoms with Gasteiger partial charge in [-0.3, -0.25) is 4.79 Å². The molecule has 8 heteroatoms. The SMILES string of the molecule is O=C(OC[C@H]1O[C@H](OC(=O)c2ccccc2)C(=O)[C@@]2(OC(=O)c3ccccc3)[C@H]1[C@H]1C=C[C@@H]2C1)c1ccccc1. The Kier molecular flexibility index (Phi) is 6.77. The van der Waals surface area contributed by atoms with Gasteiger partial charge in [0.05, 0.1) is 16.7 Å². The van der Waals surface area contributed by atoms with E-state index in [1.54, 1.807) is 91.0 Å². The fourth-order valence-corrected chi connectivity index (χ4v) is 6.02. The molecule has 1 saturated carbocycles. The van der Waals surface area contributed by atoms with E-state index in [-0.39, 0.29) is 23.7 Å². The lowest BCUT2D eigenvalue weighted by Gasteiger charge is -2.48. The van der Waals surface area contributed by atoms with E-state index in [1.165, 1.54) is 0 Å². The summed E-state index contributed by atoms with van der Waals surface area (Å²) in [5.74, 6) is -3.90. The molecule has 2 bridgehead atoms. The highest BCUT2D eigenvalue weighted by Crippen LogP contribution is 2.57. The number of rotatable bonds is 7. The lowest BCUT2D eigenvalue weighted by atomic mass is 9.71. The molecule has 1 heterocycles. The van der Waals surface area contributed by atoms with Gasteiger partial charge < -0.3 is 18.9 Å². The maximum absolute atomic E-state index is 14.1. The second-order valence-electron chi connectivity index (χ2n) is 10.1. The molecule has 8 nitrogen and oxygen atoms in total. The van der Waals surface area contributed by atoms with Crippen molar-refractivity contribution in [2.24, 2.45) is 17.8 Å². The van der Waals surface area contributed by atoms with Gasteiger partial charge in [0.2, 0.25) is 5.78 Å². The van der Waals surface area contributed by atoms with Crippen molar-refractivity contribution < 1.29 is 38.1 Å². The van der Waals surface area contributed by atoms with Gasteiger partial charge in [-0.05, 0) is 48.7 Å². The zero-order valence-electron chi connectivity index (χ0n) is 21.4. The number of hydrogen-bond acceptors (Lipinski definition) is 8. The van der Waals surface area contributed by atoms with Gasteiger partial charge in [-0.2, -0.15) is 0 Å². The number of fused-ring (bicyclic) bond motifs is 5. The molecule has 6 atom stereocenters. The Bertz CT molecular complexity index is 1450. The summed E-state index contributed by atoms with van der Waals surface area (Å²) in [6.07, 6.45) is 1.84. The van der Waals surface area contributed by atoms with Crippen molar-refractivity contribution in [2.45, 2.75) is 24.4 Å².